The van der Waals surface area contributed by atoms with E-state index >= 15 is 0 Å². The molecule has 5 rings (SSSR count). The minimum absolute atomic E-state index is 0.0333. The Labute approximate surface area is 145 Å². The van der Waals surface area contributed by atoms with Crippen molar-refractivity contribution in [1.82, 2.24) is 0 Å². The molecule has 4 aliphatic rings. The molecule has 0 heterocycles. The van der Waals surface area contributed by atoms with E-state index in [2.05, 4.69) is 6.07 Å². The number of nitro groups is 1. The van der Waals surface area contributed by atoms with Crippen molar-refractivity contribution in [2.45, 2.75) is 36.7 Å². The molecule has 4 bridgehead atoms. The second-order valence-corrected chi connectivity index (χ2v) is 8.99. The first-order chi connectivity index (χ1) is 11.9. The quantitative estimate of drug-likeness (QED) is 0.463. The van der Waals surface area contributed by atoms with Gasteiger partial charge in [0, 0.05) is 18.1 Å². The Morgan fingerprint density at radius 3 is 2.44 bits per heavy atom. The predicted molar refractivity (Wildman–Crippen MR) is 86.7 cm³/mol. The van der Waals surface area contributed by atoms with Crippen LogP contribution in [0.3, 0.4) is 0 Å². The van der Waals surface area contributed by atoms with Gasteiger partial charge in [-0.05, 0) is 55.6 Å². The van der Waals surface area contributed by atoms with Crippen LogP contribution < -0.4 is 0 Å². The van der Waals surface area contributed by atoms with Crippen LogP contribution in [0, 0.1) is 51.0 Å². The number of nitrogens with zero attached hydrogens (tertiary/aromatic N) is 2. The highest BCUT2D eigenvalue weighted by Crippen LogP contribution is 2.57. The van der Waals surface area contributed by atoms with Gasteiger partial charge in [0.1, 0.15) is 0 Å². The molecule has 0 spiro atoms. The maximum absolute atomic E-state index is 12.6. The molecule has 0 aliphatic heterocycles. The lowest BCUT2D eigenvalue weighted by atomic mass is 9.51. The van der Waals surface area contributed by atoms with Crippen LogP contribution in [0.1, 0.15) is 25.7 Å². The lowest BCUT2D eigenvalue weighted by Crippen LogP contribution is -2.54. The smallest absolute Gasteiger partial charge is 0.262 e. The minimum atomic E-state index is -4.01. The van der Waals surface area contributed by atoms with Crippen molar-refractivity contribution in [3.63, 3.8) is 0 Å². The number of rotatable bonds is 4. The summed E-state index contributed by atoms with van der Waals surface area (Å²) >= 11 is 0. The van der Waals surface area contributed by atoms with Crippen molar-refractivity contribution in [3.8, 4) is 6.07 Å². The first kappa shape index (κ1) is 16.5. The van der Waals surface area contributed by atoms with E-state index in [-0.39, 0.29) is 28.3 Å². The topological polar surface area (TPSA) is 110 Å². The average molecular weight is 362 g/mol. The molecule has 0 aromatic heterocycles. The number of non-ortho nitro benzene ring substituents is 1. The van der Waals surface area contributed by atoms with Crippen LogP contribution in [0.4, 0.5) is 5.69 Å². The van der Waals surface area contributed by atoms with Crippen LogP contribution in [0.25, 0.3) is 0 Å². The zero-order valence-electron chi connectivity index (χ0n) is 13.4. The second kappa shape index (κ2) is 5.78. The molecule has 4 fully saturated rings. The Balaban J connectivity index is 1.58. The second-order valence-electron chi connectivity index (χ2n) is 7.41. The van der Waals surface area contributed by atoms with Gasteiger partial charge >= 0.3 is 0 Å². The van der Waals surface area contributed by atoms with E-state index in [0.29, 0.717) is 11.8 Å². The van der Waals surface area contributed by atoms with E-state index in [1.165, 1.54) is 12.1 Å². The summed E-state index contributed by atoms with van der Waals surface area (Å²) in [5.41, 5.74) is -0.168. The van der Waals surface area contributed by atoms with E-state index in [1.54, 1.807) is 0 Å². The monoisotopic (exact) mass is 362 g/mol. The SMILES string of the molecule is N#C[C@@H]1[C@H]2C[C@@H]3C[C@@H](C2)[C@@H](OS(=O)(=O)c2ccc([N+](=O)[O-])cc2)[C@@H]1C3. The van der Waals surface area contributed by atoms with E-state index < -0.39 is 21.1 Å². The Kier molecular flexibility index (Phi) is 3.81. The van der Waals surface area contributed by atoms with Crippen LogP contribution in [-0.4, -0.2) is 19.4 Å². The van der Waals surface area contributed by atoms with Crippen LogP contribution in [0.2, 0.25) is 0 Å². The Bertz CT molecular complexity index is 845. The molecule has 25 heavy (non-hydrogen) atoms. The summed E-state index contributed by atoms with van der Waals surface area (Å²) in [7, 11) is -4.01. The zero-order chi connectivity index (χ0) is 17.8. The highest BCUT2D eigenvalue weighted by Gasteiger charge is 2.55. The maximum atomic E-state index is 12.6. The fraction of sp³-hybridized carbons (Fsp3) is 0.588. The average Bonchev–Trinajstić information content (AvgIpc) is 2.58. The minimum Gasteiger partial charge on any atom is -0.262 e. The molecule has 0 N–H and O–H groups in total. The Morgan fingerprint density at radius 2 is 1.80 bits per heavy atom. The highest BCUT2D eigenvalue weighted by atomic mass is 32.2. The predicted octanol–water partition coefficient (Wildman–Crippen LogP) is 2.87. The summed E-state index contributed by atoms with van der Waals surface area (Å²) in [6, 6.07) is 7.09. The molecular formula is C17H18N2O5S. The Hall–Kier alpha value is -1.98. The summed E-state index contributed by atoms with van der Waals surface area (Å²) in [4.78, 5) is 10.0. The van der Waals surface area contributed by atoms with E-state index in [9.17, 15) is 23.8 Å². The third-order valence-electron chi connectivity index (χ3n) is 6.06. The standard InChI is InChI=1S/C17H18N2O5S/c18-9-16-11-5-10-6-12(8-11)17(15(16)7-10)24-25(22,23)14-3-1-13(2-4-14)19(20)21/h1-4,10-12,15-17H,5-8H2/t10-,11+,12+,15-,16-,17-/m1/s1. The molecular weight excluding hydrogens is 344 g/mol. The zero-order valence-corrected chi connectivity index (χ0v) is 14.3. The highest BCUT2D eigenvalue weighted by molar-refractivity contribution is 7.86. The summed E-state index contributed by atoms with van der Waals surface area (Å²) in [6.45, 7) is 0. The van der Waals surface area contributed by atoms with E-state index in [0.717, 1.165) is 37.8 Å². The normalized spacial score (nSPS) is 36.1. The molecule has 7 nitrogen and oxygen atoms in total. The lowest BCUT2D eigenvalue weighted by molar-refractivity contribution is -0.384. The van der Waals surface area contributed by atoms with Gasteiger partial charge in [-0.25, -0.2) is 0 Å². The van der Waals surface area contributed by atoms with E-state index in [4.69, 9.17) is 4.18 Å². The largest absolute Gasteiger partial charge is 0.297 e. The van der Waals surface area contributed by atoms with Gasteiger partial charge in [0.25, 0.3) is 15.8 Å². The molecule has 1 aromatic rings. The van der Waals surface area contributed by atoms with Crippen LogP contribution in [0.15, 0.2) is 29.2 Å². The van der Waals surface area contributed by atoms with Crippen molar-refractivity contribution >= 4 is 15.8 Å². The van der Waals surface area contributed by atoms with Gasteiger partial charge in [-0.1, -0.05) is 0 Å². The molecule has 0 unspecified atom stereocenters. The number of hydrogen-bond acceptors (Lipinski definition) is 6. The Morgan fingerprint density at radius 1 is 1.12 bits per heavy atom. The fourth-order valence-electron chi connectivity index (χ4n) is 5.14. The van der Waals surface area contributed by atoms with Crippen LogP contribution in [-0.2, 0) is 14.3 Å². The van der Waals surface area contributed by atoms with Gasteiger partial charge in [-0.15, -0.1) is 0 Å². The van der Waals surface area contributed by atoms with Gasteiger partial charge in [-0.3, -0.25) is 14.3 Å². The molecule has 4 aliphatic carbocycles. The fourth-order valence-corrected chi connectivity index (χ4v) is 6.32. The van der Waals surface area contributed by atoms with Crippen LogP contribution >= 0.6 is 0 Å². The summed E-state index contributed by atoms with van der Waals surface area (Å²) < 4.78 is 30.8. The summed E-state index contributed by atoms with van der Waals surface area (Å²) in [6.07, 6.45) is 3.29. The molecule has 4 saturated carbocycles. The molecule has 0 amide bonds. The molecule has 8 heteroatoms. The van der Waals surface area contributed by atoms with Gasteiger partial charge in [0.15, 0.2) is 0 Å². The van der Waals surface area contributed by atoms with Crippen molar-refractivity contribution in [3.05, 3.63) is 34.4 Å². The molecule has 1 aromatic carbocycles. The molecule has 6 atom stereocenters. The van der Waals surface area contributed by atoms with Crippen molar-refractivity contribution < 1.29 is 17.5 Å². The lowest BCUT2D eigenvalue weighted by Gasteiger charge is -2.55. The first-order valence-corrected chi connectivity index (χ1v) is 9.87. The third kappa shape index (κ3) is 2.71. The molecule has 132 valence electrons. The molecule has 0 saturated heterocycles. The van der Waals surface area contributed by atoms with Gasteiger partial charge in [0.2, 0.25) is 0 Å². The van der Waals surface area contributed by atoms with Gasteiger partial charge in [0.05, 0.1) is 27.9 Å². The number of benzene rings is 1. The maximum Gasteiger partial charge on any atom is 0.297 e. The first-order valence-electron chi connectivity index (χ1n) is 8.46. The number of hydrogen-bond donors (Lipinski definition) is 0. The van der Waals surface area contributed by atoms with Crippen molar-refractivity contribution in [1.29, 1.82) is 5.26 Å². The number of nitro benzene ring substituents is 1. The summed E-state index contributed by atoms with van der Waals surface area (Å²) in [5, 5.41) is 20.2. The van der Waals surface area contributed by atoms with Crippen molar-refractivity contribution in [2.75, 3.05) is 0 Å². The van der Waals surface area contributed by atoms with Gasteiger partial charge in [-0.2, -0.15) is 13.7 Å². The number of nitriles is 1. The van der Waals surface area contributed by atoms with Gasteiger partial charge < -0.3 is 0 Å². The van der Waals surface area contributed by atoms with Crippen molar-refractivity contribution in [2.24, 2.45) is 29.6 Å². The summed E-state index contributed by atoms with van der Waals surface area (Å²) in [5.74, 6) is 0.966. The van der Waals surface area contributed by atoms with E-state index in [1.807, 2.05) is 0 Å². The van der Waals surface area contributed by atoms with Crippen LogP contribution in [0.5, 0.6) is 0 Å². The third-order valence-corrected chi connectivity index (χ3v) is 7.39. The molecule has 0 radical (unpaired) electrons.